The average Bonchev–Trinajstić information content (AvgIpc) is 2.34. The number of anilines is 2. The van der Waals surface area contributed by atoms with Crippen LogP contribution in [-0.2, 0) is 0 Å². The molecule has 1 aromatic carbocycles. The second-order valence-electron chi connectivity index (χ2n) is 4.58. The molecule has 0 aromatic heterocycles. The summed E-state index contributed by atoms with van der Waals surface area (Å²) in [5, 5.41) is 1.11. The van der Waals surface area contributed by atoms with Crippen molar-refractivity contribution in [2.45, 2.75) is 38.6 Å². The van der Waals surface area contributed by atoms with Gasteiger partial charge in [0.05, 0.1) is 21.4 Å². The van der Waals surface area contributed by atoms with Crippen molar-refractivity contribution in [1.29, 1.82) is 0 Å². The van der Waals surface area contributed by atoms with Crippen molar-refractivity contribution in [3.05, 3.63) is 22.2 Å². The number of nitrogen functional groups attached to an aromatic ring is 1. The monoisotopic (exact) mass is 272 g/mol. The minimum absolute atomic E-state index is 0.526. The van der Waals surface area contributed by atoms with Crippen LogP contribution in [-0.4, -0.2) is 12.6 Å². The number of rotatable bonds is 2. The third-order valence-electron chi connectivity index (χ3n) is 3.48. The van der Waals surface area contributed by atoms with Crippen molar-refractivity contribution in [3.63, 3.8) is 0 Å². The fraction of sp³-hybridized carbons (Fsp3) is 0.538. The quantitative estimate of drug-likeness (QED) is 0.812. The summed E-state index contributed by atoms with van der Waals surface area (Å²) in [6.45, 7) is 3.28. The highest BCUT2D eigenvalue weighted by molar-refractivity contribution is 6.42. The van der Waals surface area contributed by atoms with Crippen LogP contribution in [0.5, 0.6) is 0 Å². The molecular formula is C13H18Cl2N2. The molecule has 4 heteroatoms. The molecule has 94 valence electrons. The van der Waals surface area contributed by atoms with Crippen LogP contribution >= 0.6 is 23.2 Å². The van der Waals surface area contributed by atoms with E-state index >= 15 is 0 Å². The van der Waals surface area contributed by atoms with E-state index in [0.717, 1.165) is 24.3 Å². The third-order valence-corrected chi connectivity index (χ3v) is 4.20. The van der Waals surface area contributed by atoms with Gasteiger partial charge in [0, 0.05) is 12.6 Å². The van der Waals surface area contributed by atoms with Crippen molar-refractivity contribution in [3.8, 4) is 0 Å². The van der Waals surface area contributed by atoms with E-state index in [-0.39, 0.29) is 0 Å². The molecule has 0 radical (unpaired) electrons. The van der Waals surface area contributed by atoms with Crippen molar-refractivity contribution in [1.82, 2.24) is 0 Å². The van der Waals surface area contributed by atoms with E-state index in [1.165, 1.54) is 19.3 Å². The maximum atomic E-state index is 6.08. The molecule has 1 aliphatic heterocycles. The van der Waals surface area contributed by atoms with Gasteiger partial charge in [-0.1, -0.05) is 30.1 Å². The Balaban J connectivity index is 2.34. The zero-order valence-corrected chi connectivity index (χ0v) is 11.6. The molecule has 2 nitrogen and oxygen atoms in total. The highest BCUT2D eigenvalue weighted by atomic mass is 35.5. The zero-order valence-electron chi connectivity index (χ0n) is 10.0. The standard InChI is InChI=1S/C13H18Cl2N2/c1-2-9-5-3-4-6-17(9)13-8-11(15)10(14)7-12(13)16/h7-9H,2-6,16H2,1H3. The van der Waals surface area contributed by atoms with Gasteiger partial charge in [-0.3, -0.25) is 0 Å². The Kier molecular flexibility index (Phi) is 4.05. The topological polar surface area (TPSA) is 29.3 Å². The van der Waals surface area contributed by atoms with Crippen molar-refractivity contribution in [2.75, 3.05) is 17.2 Å². The number of nitrogens with zero attached hydrogens (tertiary/aromatic N) is 1. The summed E-state index contributed by atoms with van der Waals surface area (Å²) in [5.74, 6) is 0. The molecule has 0 spiro atoms. The van der Waals surface area contributed by atoms with Crippen LogP contribution in [0, 0.1) is 0 Å². The molecule has 1 aliphatic rings. The summed E-state index contributed by atoms with van der Waals surface area (Å²) in [6, 6.07) is 4.22. The van der Waals surface area contributed by atoms with Crippen molar-refractivity contribution in [2.24, 2.45) is 0 Å². The maximum absolute atomic E-state index is 6.08. The van der Waals surface area contributed by atoms with Gasteiger partial charge in [-0.25, -0.2) is 0 Å². The largest absolute Gasteiger partial charge is 0.397 e. The molecule has 1 heterocycles. The predicted molar refractivity (Wildman–Crippen MR) is 76.2 cm³/mol. The molecule has 0 saturated carbocycles. The first kappa shape index (κ1) is 12.8. The highest BCUT2D eigenvalue weighted by Gasteiger charge is 2.23. The van der Waals surface area contributed by atoms with E-state index in [1.807, 2.05) is 6.07 Å². The summed E-state index contributed by atoms with van der Waals surface area (Å²) in [5.41, 5.74) is 7.81. The fourth-order valence-electron chi connectivity index (χ4n) is 2.54. The fourth-order valence-corrected chi connectivity index (χ4v) is 2.87. The van der Waals surface area contributed by atoms with E-state index in [1.54, 1.807) is 6.07 Å². The van der Waals surface area contributed by atoms with Crippen LogP contribution in [0.3, 0.4) is 0 Å². The molecule has 1 saturated heterocycles. The minimum atomic E-state index is 0.526. The molecule has 0 bridgehead atoms. The van der Waals surface area contributed by atoms with Crippen molar-refractivity contribution >= 4 is 34.6 Å². The Morgan fingerprint density at radius 1 is 1.29 bits per heavy atom. The predicted octanol–water partition coefficient (Wildman–Crippen LogP) is 4.34. The van der Waals surface area contributed by atoms with E-state index in [2.05, 4.69) is 11.8 Å². The lowest BCUT2D eigenvalue weighted by Gasteiger charge is -2.38. The van der Waals surface area contributed by atoms with E-state index in [9.17, 15) is 0 Å². The lowest BCUT2D eigenvalue weighted by Crippen LogP contribution is -2.39. The van der Waals surface area contributed by atoms with Crippen LogP contribution in [0.25, 0.3) is 0 Å². The Morgan fingerprint density at radius 3 is 2.71 bits per heavy atom. The summed E-state index contributed by atoms with van der Waals surface area (Å²) in [4.78, 5) is 2.38. The summed E-state index contributed by atoms with van der Waals surface area (Å²) >= 11 is 12.0. The molecular weight excluding hydrogens is 255 g/mol. The lowest BCUT2D eigenvalue weighted by atomic mass is 9.99. The Bertz CT molecular complexity index is 407. The van der Waals surface area contributed by atoms with Crippen LogP contribution < -0.4 is 10.6 Å². The van der Waals surface area contributed by atoms with Gasteiger partial charge in [0.25, 0.3) is 0 Å². The highest BCUT2D eigenvalue weighted by Crippen LogP contribution is 2.36. The van der Waals surface area contributed by atoms with Gasteiger partial charge < -0.3 is 10.6 Å². The molecule has 2 rings (SSSR count). The van der Waals surface area contributed by atoms with E-state index in [0.29, 0.717) is 16.1 Å². The molecule has 1 unspecified atom stereocenters. The molecule has 17 heavy (non-hydrogen) atoms. The van der Waals surface area contributed by atoms with Gasteiger partial charge in [-0.15, -0.1) is 0 Å². The molecule has 0 amide bonds. The smallest absolute Gasteiger partial charge is 0.0618 e. The first-order valence-electron chi connectivity index (χ1n) is 6.14. The Hall–Kier alpha value is -0.600. The van der Waals surface area contributed by atoms with Gasteiger partial charge in [0.2, 0.25) is 0 Å². The molecule has 2 N–H and O–H groups in total. The van der Waals surface area contributed by atoms with Crippen LogP contribution in [0.4, 0.5) is 11.4 Å². The van der Waals surface area contributed by atoms with Crippen molar-refractivity contribution < 1.29 is 0 Å². The second kappa shape index (κ2) is 5.36. The van der Waals surface area contributed by atoms with Gasteiger partial charge in [-0.2, -0.15) is 0 Å². The second-order valence-corrected chi connectivity index (χ2v) is 5.39. The summed E-state index contributed by atoms with van der Waals surface area (Å²) in [6.07, 6.45) is 4.89. The average molecular weight is 273 g/mol. The van der Waals surface area contributed by atoms with E-state index < -0.39 is 0 Å². The number of hydrogen-bond donors (Lipinski definition) is 1. The first-order valence-corrected chi connectivity index (χ1v) is 6.90. The summed E-state index contributed by atoms with van der Waals surface area (Å²) in [7, 11) is 0. The molecule has 1 fully saturated rings. The number of hydrogen-bond acceptors (Lipinski definition) is 2. The SMILES string of the molecule is CCC1CCCCN1c1cc(Cl)c(Cl)cc1N. The first-order chi connectivity index (χ1) is 8.13. The van der Waals surface area contributed by atoms with Gasteiger partial charge >= 0.3 is 0 Å². The number of nitrogens with two attached hydrogens (primary N) is 1. The van der Waals surface area contributed by atoms with Gasteiger partial charge in [0.15, 0.2) is 0 Å². The molecule has 1 aromatic rings. The van der Waals surface area contributed by atoms with Crippen LogP contribution in [0.1, 0.15) is 32.6 Å². The number of halogens is 2. The number of piperidine rings is 1. The maximum Gasteiger partial charge on any atom is 0.0618 e. The molecule has 0 aliphatic carbocycles. The Morgan fingerprint density at radius 2 is 2.00 bits per heavy atom. The third kappa shape index (κ3) is 2.63. The van der Waals surface area contributed by atoms with Crippen LogP contribution in [0.15, 0.2) is 12.1 Å². The minimum Gasteiger partial charge on any atom is -0.397 e. The molecule has 1 atom stereocenters. The van der Waals surface area contributed by atoms with Gasteiger partial charge in [0.1, 0.15) is 0 Å². The number of benzene rings is 1. The normalized spacial score (nSPS) is 20.6. The van der Waals surface area contributed by atoms with Gasteiger partial charge in [-0.05, 0) is 37.8 Å². The van der Waals surface area contributed by atoms with E-state index in [4.69, 9.17) is 28.9 Å². The summed E-state index contributed by atoms with van der Waals surface area (Å²) < 4.78 is 0. The zero-order chi connectivity index (χ0) is 12.4. The Labute approximate surface area is 113 Å². The lowest BCUT2D eigenvalue weighted by molar-refractivity contribution is 0.450. The van der Waals surface area contributed by atoms with Crippen LogP contribution in [0.2, 0.25) is 10.0 Å².